The Labute approximate surface area is 104 Å². The van der Waals surface area contributed by atoms with Gasteiger partial charge in [-0.05, 0) is 25.1 Å². The van der Waals surface area contributed by atoms with Gasteiger partial charge in [-0.15, -0.1) is 0 Å². The molecule has 5 nitrogen and oxygen atoms in total. The Hall–Kier alpha value is -2.56. The van der Waals surface area contributed by atoms with Crippen LogP contribution < -0.4 is 0 Å². The smallest absolute Gasteiger partial charge is 0.138 e. The molecule has 88 valence electrons. The molecular formula is C13H11N5. The molecule has 5 heteroatoms. The summed E-state index contributed by atoms with van der Waals surface area (Å²) in [5.41, 5.74) is 2.96. The Morgan fingerprint density at radius 3 is 2.56 bits per heavy atom. The zero-order chi connectivity index (χ0) is 12.4. The van der Waals surface area contributed by atoms with E-state index >= 15 is 0 Å². The molecule has 0 aliphatic rings. The molecule has 1 aromatic carbocycles. The fourth-order valence-electron chi connectivity index (χ4n) is 1.74. The quantitative estimate of drug-likeness (QED) is 0.684. The van der Waals surface area contributed by atoms with Crippen LogP contribution in [0.4, 0.5) is 0 Å². The summed E-state index contributed by atoms with van der Waals surface area (Å²) in [6.45, 7) is 1.88. The Morgan fingerprint density at radius 2 is 1.89 bits per heavy atom. The van der Waals surface area contributed by atoms with E-state index in [1.165, 1.54) is 6.33 Å². The van der Waals surface area contributed by atoms with Gasteiger partial charge in [0.2, 0.25) is 0 Å². The van der Waals surface area contributed by atoms with E-state index in [9.17, 15) is 0 Å². The van der Waals surface area contributed by atoms with Crippen LogP contribution >= 0.6 is 0 Å². The van der Waals surface area contributed by atoms with Crippen LogP contribution in [0.15, 0.2) is 49.2 Å². The summed E-state index contributed by atoms with van der Waals surface area (Å²) in [6, 6.07) is 9.90. The van der Waals surface area contributed by atoms with Gasteiger partial charge in [0.05, 0.1) is 11.4 Å². The minimum atomic E-state index is 0.771. The van der Waals surface area contributed by atoms with E-state index in [1.807, 2.05) is 37.3 Å². The van der Waals surface area contributed by atoms with Crippen LogP contribution in [0.3, 0.4) is 0 Å². The molecule has 0 atom stereocenters. The molecule has 0 saturated heterocycles. The molecular weight excluding hydrogens is 226 g/mol. The highest BCUT2D eigenvalue weighted by Crippen LogP contribution is 2.18. The summed E-state index contributed by atoms with van der Waals surface area (Å²) >= 11 is 0. The third-order valence-electron chi connectivity index (χ3n) is 2.62. The van der Waals surface area contributed by atoms with E-state index in [-0.39, 0.29) is 0 Å². The molecule has 3 aromatic rings. The number of benzene rings is 1. The monoisotopic (exact) mass is 237 g/mol. The average molecular weight is 237 g/mol. The summed E-state index contributed by atoms with van der Waals surface area (Å²) < 4.78 is 1.72. The van der Waals surface area contributed by atoms with Gasteiger partial charge in [0.25, 0.3) is 0 Å². The summed E-state index contributed by atoms with van der Waals surface area (Å²) in [4.78, 5) is 12.4. The van der Waals surface area contributed by atoms with E-state index in [2.05, 4.69) is 20.1 Å². The van der Waals surface area contributed by atoms with Gasteiger partial charge in [0.1, 0.15) is 18.5 Å². The maximum absolute atomic E-state index is 4.39. The zero-order valence-electron chi connectivity index (χ0n) is 9.85. The van der Waals surface area contributed by atoms with Crippen LogP contribution in [0, 0.1) is 6.92 Å². The molecule has 0 saturated carbocycles. The second-order valence-corrected chi connectivity index (χ2v) is 3.88. The van der Waals surface area contributed by atoms with Crippen LogP contribution in [-0.2, 0) is 0 Å². The lowest BCUT2D eigenvalue weighted by atomic mass is 10.1. The van der Waals surface area contributed by atoms with Crippen molar-refractivity contribution < 1.29 is 0 Å². The molecule has 0 aliphatic heterocycles. The van der Waals surface area contributed by atoms with Gasteiger partial charge in [0, 0.05) is 11.8 Å². The first-order valence-electron chi connectivity index (χ1n) is 5.58. The normalized spacial score (nSPS) is 10.5. The van der Waals surface area contributed by atoms with E-state index in [0.717, 1.165) is 22.8 Å². The van der Waals surface area contributed by atoms with Gasteiger partial charge < -0.3 is 0 Å². The molecule has 2 heterocycles. The largest absolute Gasteiger partial charge is 0.242 e. The molecule has 0 amide bonds. The minimum absolute atomic E-state index is 0.771. The van der Waals surface area contributed by atoms with Gasteiger partial charge in [-0.25, -0.2) is 19.6 Å². The summed E-state index contributed by atoms with van der Waals surface area (Å²) in [7, 11) is 0. The highest BCUT2D eigenvalue weighted by atomic mass is 15.3. The second-order valence-electron chi connectivity index (χ2n) is 3.88. The van der Waals surface area contributed by atoms with Gasteiger partial charge in [-0.2, -0.15) is 5.10 Å². The zero-order valence-corrected chi connectivity index (χ0v) is 9.85. The maximum atomic E-state index is 4.39. The Kier molecular flexibility index (Phi) is 2.57. The SMILES string of the molecule is Cc1nccc(-c2ccc(-n3cncn3)cc2)n1. The number of aryl methyl sites for hydroxylation is 1. The molecule has 0 N–H and O–H groups in total. The molecule has 0 spiro atoms. The summed E-state index contributed by atoms with van der Waals surface area (Å²) in [5.74, 6) is 0.771. The van der Waals surface area contributed by atoms with Gasteiger partial charge in [-0.3, -0.25) is 0 Å². The standard InChI is InChI=1S/C13H11N5/c1-10-15-7-6-13(17-10)11-2-4-12(5-3-11)18-9-14-8-16-18/h2-9H,1H3. The third-order valence-corrected chi connectivity index (χ3v) is 2.62. The number of hydrogen-bond donors (Lipinski definition) is 0. The van der Waals surface area contributed by atoms with Crippen molar-refractivity contribution in [1.82, 2.24) is 24.7 Å². The minimum Gasteiger partial charge on any atom is -0.242 e. The molecule has 18 heavy (non-hydrogen) atoms. The van der Waals surface area contributed by atoms with Crippen molar-refractivity contribution in [1.29, 1.82) is 0 Å². The molecule has 0 radical (unpaired) electrons. The lowest BCUT2D eigenvalue weighted by Gasteiger charge is -2.04. The Balaban J connectivity index is 1.96. The van der Waals surface area contributed by atoms with Crippen molar-refractivity contribution in [3.05, 3.63) is 55.0 Å². The molecule has 0 aliphatic carbocycles. The van der Waals surface area contributed by atoms with Crippen LogP contribution in [0.1, 0.15) is 5.82 Å². The van der Waals surface area contributed by atoms with Crippen molar-refractivity contribution >= 4 is 0 Å². The molecule has 0 bridgehead atoms. The fourth-order valence-corrected chi connectivity index (χ4v) is 1.74. The van der Waals surface area contributed by atoms with E-state index in [4.69, 9.17) is 0 Å². The molecule has 3 rings (SSSR count). The summed E-state index contributed by atoms with van der Waals surface area (Å²) in [5, 5.41) is 4.08. The lowest BCUT2D eigenvalue weighted by Crippen LogP contribution is -1.94. The Bertz CT molecular complexity index is 643. The topological polar surface area (TPSA) is 56.5 Å². The number of aromatic nitrogens is 5. The molecule has 0 unspecified atom stereocenters. The van der Waals surface area contributed by atoms with Crippen molar-refractivity contribution in [2.24, 2.45) is 0 Å². The van der Waals surface area contributed by atoms with Crippen molar-refractivity contribution in [2.75, 3.05) is 0 Å². The van der Waals surface area contributed by atoms with Crippen LogP contribution in [0.25, 0.3) is 16.9 Å². The Morgan fingerprint density at radius 1 is 1.06 bits per heavy atom. The highest BCUT2D eigenvalue weighted by molar-refractivity contribution is 5.60. The first kappa shape index (κ1) is 10.6. The fraction of sp³-hybridized carbons (Fsp3) is 0.0769. The van der Waals surface area contributed by atoms with Gasteiger partial charge in [0.15, 0.2) is 0 Å². The van der Waals surface area contributed by atoms with E-state index in [0.29, 0.717) is 0 Å². The van der Waals surface area contributed by atoms with Crippen LogP contribution in [0.2, 0.25) is 0 Å². The molecule has 2 aromatic heterocycles. The van der Waals surface area contributed by atoms with E-state index < -0.39 is 0 Å². The first-order chi connectivity index (χ1) is 8.83. The van der Waals surface area contributed by atoms with E-state index in [1.54, 1.807) is 17.2 Å². The van der Waals surface area contributed by atoms with Gasteiger partial charge in [-0.1, -0.05) is 12.1 Å². The number of hydrogen-bond acceptors (Lipinski definition) is 4. The average Bonchev–Trinajstić information content (AvgIpc) is 2.93. The van der Waals surface area contributed by atoms with Crippen LogP contribution in [-0.4, -0.2) is 24.7 Å². The lowest BCUT2D eigenvalue weighted by molar-refractivity contribution is 0.879. The van der Waals surface area contributed by atoms with Crippen LogP contribution in [0.5, 0.6) is 0 Å². The van der Waals surface area contributed by atoms with Crippen molar-refractivity contribution in [2.45, 2.75) is 6.92 Å². The maximum Gasteiger partial charge on any atom is 0.138 e. The predicted octanol–water partition coefficient (Wildman–Crippen LogP) is 2.03. The van der Waals surface area contributed by atoms with Gasteiger partial charge >= 0.3 is 0 Å². The second kappa shape index (κ2) is 4.37. The number of nitrogens with zero attached hydrogens (tertiary/aromatic N) is 5. The molecule has 0 fully saturated rings. The summed E-state index contributed by atoms with van der Waals surface area (Å²) in [6.07, 6.45) is 4.95. The third kappa shape index (κ3) is 1.98. The number of rotatable bonds is 2. The highest BCUT2D eigenvalue weighted by Gasteiger charge is 2.01. The van der Waals surface area contributed by atoms with Crippen molar-refractivity contribution in [3.8, 4) is 16.9 Å². The predicted molar refractivity (Wildman–Crippen MR) is 67.1 cm³/mol. The van der Waals surface area contributed by atoms with Crippen molar-refractivity contribution in [3.63, 3.8) is 0 Å². The first-order valence-corrected chi connectivity index (χ1v) is 5.58.